The summed E-state index contributed by atoms with van der Waals surface area (Å²) in [6.07, 6.45) is 0.922. The summed E-state index contributed by atoms with van der Waals surface area (Å²) >= 11 is 0. The number of esters is 3. The third-order valence-electron chi connectivity index (χ3n) is 2.64. The van der Waals surface area contributed by atoms with Crippen molar-refractivity contribution in [3.05, 3.63) is 47.0 Å². The molecule has 102 valence electrons. The third-order valence-corrected chi connectivity index (χ3v) is 2.64. The normalized spacial score (nSPS) is 12.6. The second-order valence-electron chi connectivity index (χ2n) is 3.85. The molecule has 0 radical (unpaired) electrons. The van der Waals surface area contributed by atoms with Crippen molar-refractivity contribution in [2.24, 2.45) is 0 Å². The van der Waals surface area contributed by atoms with E-state index in [1.54, 1.807) is 0 Å². The number of carboxylic acids is 1. The van der Waals surface area contributed by atoms with Crippen LogP contribution in [0.4, 0.5) is 0 Å². The van der Waals surface area contributed by atoms with Crippen LogP contribution < -0.4 is 0 Å². The fourth-order valence-electron chi connectivity index (χ4n) is 1.70. The van der Waals surface area contributed by atoms with Crippen molar-refractivity contribution in [3.63, 3.8) is 0 Å². The number of hydrogen-bond donors (Lipinski definition) is 1. The minimum Gasteiger partial charge on any atom is -0.478 e. The predicted octanol–water partition coefficient (Wildman–Crippen LogP) is 0.925. The number of ether oxygens (including phenoxy) is 2. The molecule has 0 saturated carbocycles. The summed E-state index contributed by atoms with van der Waals surface area (Å²) in [4.78, 5) is 44.8. The van der Waals surface area contributed by atoms with Gasteiger partial charge >= 0.3 is 23.9 Å². The van der Waals surface area contributed by atoms with Crippen molar-refractivity contribution in [2.45, 2.75) is 6.61 Å². The summed E-state index contributed by atoms with van der Waals surface area (Å²) < 4.78 is 9.11. The molecular formula is C13H8O7. The molecule has 0 amide bonds. The molecular weight excluding hydrogens is 268 g/mol. The zero-order valence-electron chi connectivity index (χ0n) is 10.0. The van der Waals surface area contributed by atoms with Crippen LogP contribution in [0.3, 0.4) is 0 Å². The molecule has 0 atom stereocenters. The van der Waals surface area contributed by atoms with E-state index in [9.17, 15) is 19.2 Å². The summed E-state index contributed by atoms with van der Waals surface area (Å²) in [5.74, 6) is -3.81. The van der Waals surface area contributed by atoms with E-state index in [4.69, 9.17) is 9.84 Å². The number of cyclic esters (lactones) is 2. The molecule has 1 aromatic rings. The first kappa shape index (κ1) is 13.5. The summed E-state index contributed by atoms with van der Waals surface area (Å²) in [5, 5.41) is 9.07. The quantitative estimate of drug-likeness (QED) is 0.495. The van der Waals surface area contributed by atoms with Crippen LogP contribution in [0, 0.1) is 0 Å². The summed E-state index contributed by atoms with van der Waals surface area (Å²) in [6, 6.07) is 2.20. The molecule has 0 bridgehead atoms. The van der Waals surface area contributed by atoms with Gasteiger partial charge in [0.2, 0.25) is 0 Å². The van der Waals surface area contributed by atoms with E-state index in [-0.39, 0.29) is 28.9 Å². The Morgan fingerprint density at radius 3 is 2.40 bits per heavy atom. The fraction of sp³-hybridized carbons (Fsp3) is 0.0769. The highest BCUT2D eigenvalue weighted by Crippen LogP contribution is 2.25. The topological polar surface area (TPSA) is 107 Å². The van der Waals surface area contributed by atoms with Crippen LogP contribution in [0.5, 0.6) is 0 Å². The first-order chi connectivity index (χ1) is 9.43. The first-order valence-corrected chi connectivity index (χ1v) is 5.40. The van der Waals surface area contributed by atoms with Gasteiger partial charge in [0.25, 0.3) is 0 Å². The highest BCUT2D eigenvalue weighted by molar-refractivity contribution is 6.15. The van der Waals surface area contributed by atoms with Gasteiger partial charge in [-0.15, -0.1) is 0 Å². The van der Waals surface area contributed by atoms with Gasteiger partial charge in [0.1, 0.15) is 6.61 Å². The zero-order chi connectivity index (χ0) is 14.9. The average molecular weight is 276 g/mol. The summed E-state index contributed by atoms with van der Waals surface area (Å²) in [5.41, 5.74) is -0.332. The van der Waals surface area contributed by atoms with E-state index < -0.39 is 23.9 Å². The van der Waals surface area contributed by atoms with E-state index in [2.05, 4.69) is 11.3 Å². The van der Waals surface area contributed by atoms with E-state index >= 15 is 0 Å². The van der Waals surface area contributed by atoms with Crippen LogP contribution in [-0.2, 0) is 20.9 Å². The molecule has 7 heteroatoms. The van der Waals surface area contributed by atoms with Gasteiger partial charge < -0.3 is 14.6 Å². The number of benzene rings is 1. The Morgan fingerprint density at radius 2 is 1.85 bits per heavy atom. The molecule has 1 aromatic carbocycles. The van der Waals surface area contributed by atoms with Crippen molar-refractivity contribution >= 4 is 23.9 Å². The lowest BCUT2D eigenvalue weighted by Gasteiger charge is -2.07. The van der Waals surface area contributed by atoms with E-state index in [0.29, 0.717) is 0 Å². The average Bonchev–Trinajstić information content (AvgIpc) is 2.69. The van der Waals surface area contributed by atoms with Crippen molar-refractivity contribution in [3.8, 4) is 0 Å². The van der Waals surface area contributed by atoms with Gasteiger partial charge in [-0.25, -0.2) is 19.2 Å². The Labute approximate surface area is 112 Å². The Kier molecular flexibility index (Phi) is 3.34. The second-order valence-corrected chi connectivity index (χ2v) is 3.85. The molecule has 1 aliphatic heterocycles. The van der Waals surface area contributed by atoms with Gasteiger partial charge in [0.15, 0.2) is 0 Å². The standard InChI is InChI=1S/C13H8O7/c1-2-10(14)19-5-6-3-8-9(4-7(6)11(15)16)13(18)20-12(8)17/h2-4H,1,5H2,(H,15,16). The van der Waals surface area contributed by atoms with Crippen LogP contribution >= 0.6 is 0 Å². The second kappa shape index (κ2) is 4.96. The highest BCUT2D eigenvalue weighted by Gasteiger charge is 2.32. The molecule has 0 aromatic heterocycles. The number of carbonyl (C=O) groups excluding carboxylic acids is 3. The SMILES string of the molecule is C=CC(=O)OCc1cc2c(cc1C(=O)O)C(=O)OC2=O. The Morgan fingerprint density at radius 1 is 1.25 bits per heavy atom. The van der Waals surface area contributed by atoms with Gasteiger partial charge in [0, 0.05) is 11.6 Å². The highest BCUT2D eigenvalue weighted by atomic mass is 16.6. The van der Waals surface area contributed by atoms with Crippen LogP contribution in [0.2, 0.25) is 0 Å². The number of rotatable bonds is 4. The first-order valence-electron chi connectivity index (χ1n) is 5.40. The van der Waals surface area contributed by atoms with Gasteiger partial charge in [-0.3, -0.25) is 0 Å². The van der Waals surface area contributed by atoms with Crippen LogP contribution in [0.1, 0.15) is 36.6 Å². The molecule has 2 rings (SSSR count). The molecule has 0 unspecified atom stereocenters. The van der Waals surface area contributed by atoms with Crippen LogP contribution in [0.25, 0.3) is 0 Å². The molecule has 0 aliphatic carbocycles. The van der Waals surface area contributed by atoms with Gasteiger partial charge in [-0.1, -0.05) is 6.58 Å². The minimum atomic E-state index is -1.32. The smallest absolute Gasteiger partial charge is 0.346 e. The largest absolute Gasteiger partial charge is 0.478 e. The van der Waals surface area contributed by atoms with Crippen molar-refractivity contribution < 1.29 is 33.8 Å². The van der Waals surface area contributed by atoms with Crippen LogP contribution in [0.15, 0.2) is 24.8 Å². The Hall–Kier alpha value is -2.96. The van der Waals surface area contributed by atoms with Gasteiger partial charge in [-0.05, 0) is 12.1 Å². The minimum absolute atomic E-state index is 0.0512. The Bertz CT molecular complexity index is 657. The number of carboxylic acid groups (broad SMARTS) is 1. The fourth-order valence-corrected chi connectivity index (χ4v) is 1.70. The van der Waals surface area contributed by atoms with E-state index in [0.717, 1.165) is 12.1 Å². The lowest BCUT2D eigenvalue weighted by molar-refractivity contribution is -0.139. The number of carbonyl (C=O) groups is 4. The molecule has 1 heterocycles. The lowest BCUT2D eigenvalue weighted by atomic mass is 10.00. The van der Waals surface area contributed by atoms with E-state index in [1.165, 1.54) is 6.07 Å². The number of aromatic carboxylic acids is 1. The van der Waals surface area contributed by atoms with Gasteiger partial charge in [0.05, 0.1) is 16.7 Å². The number of fused-ring (bicyclic) bond motifs is 1. The molecule has 1 N–H and O–H groups in total. The Balaban J connectivity index is 2.45. The molecule has 0 saturated heterocycles. The van der Waals surface area contributed by atoms with E-state index in [1.807, 2.05) is 0 Å². The zero-order valence-corrected chi connectivity index (χ0v) is 10.0. The maximum absolute atomic E-state index is 11.4. The number of hydrogen-bond acceptors (Lipinski definition) is 6. The third kappa shape index (κ3) is 2.28. The van der Waals surface area contributed by atoms with Crippen molar-refractivity contribution in [1.29, 1.82) is 0 Å². The predicted molar refractivity (Wildman–Crippen MR) is 63.1 cm³/mol. The van der Waals surface area contributed by atoms with Gasteiger partial charge in [-0.2, -0.15) is 0 Å². The molecule has 7 nitrogen and oxygen atoms in total. The van der Waals surface area contributed by atoms with Crippen molar-refractivity contribution in [2.75, 3.05) is 0 Å². The maximum Gasteiger partial charge on any atom is 0.346 e. The van der Waals surface area contributed by atoms with Crippen molar-refractivity contribution in [1.82, 2.24) is 0 Å². The monoisotopic (exact) mass is 276 g/mol. The summed E-state index contributed by atoms with van der Waals surface area (Å²) in [7, 11) is 0. The molecule has 20 heavy (non-hydrogen) atoms. The molecule has 0 fully saturated rings. The lowest BCUT2D eigenvalue weighted by Crippen LogP contribution is -2.09. The molecule has 1 aliphatic rings. The van der Waals surface area contributed by atoms with Crippen LogP contribution in [-0.4, -0.2) is 29.0 Å². The summed E-state index contributed by atoms with van der Waals surface area (Å²) in [6.45, 7) is 2.84. The molecule has 0 spiro atoms. The maximum atomic E-state index is 11.4.